The molecule has 2 atom stereocenters. The Hall–Kier alpha value is -1.60. The predicted octanol–water partition coefficient (Wildman–Crippen LogP) is 1.44. The third-order valence-electron chi connectivity index (χ3n) is 3.52. The molecule has 4 nitrogen and oxygen atoms in total. The first-order valence-corrected chi connectivity index (χ1v) is 5.99. The summed E-state index contributed by atoms with van der Waals surface area (Å²) < 4.78 is 0. The van der Waals surface area contributed by atoms with E-state index in [0.717, 1.165) is 30.9 Å². The van der Waals surface area contributed by atoms with Crippen LogP contribution in [0.3, 0.4) is 0 Å². The van der Waals surface area contributed by atoms with Gasteiger partial charge in [-0.3, -0.25) is 0 Å². The lowest BCUT2D eigenvalue weighted by Gasteiger charge is -2.20. The molecule has 1 aliphatic rings. The van der Waals surface area contributed by atoms with Crippen molar-refractivity contribution in [2.24, 2.45) is 11.7 Å². The summed E-state index contributed by atoms with van der Waals surface area (Å²) in [6.07, 6.45) is 2.85. The molecule has 2 heterocycles. The van der Waals surface area contributed by atoms with Crippen molar-refractivity contribution in [1.82, 2.24) is 4.98 Å². The lowest BCUT2D eigenvalue weighted by Crippen LogP contribution is -2.30. The zero-order valence-electron chi connectivity index (χ0n) is 10.3. The van der Waals surface area contributed by atoms with Gasteiger partial charge in [-0.05, 0) is 37.8 Å². The second kappa shape index (κ2) is 4.72. The molecule has 0 radical (unpaired) electrons. The quantitative estimate of drug-likeness (QED) is 0.834. The fraction of sp³-hybridized carbons (Fsp3) is 0.538. The predicted molar refractivity (Wildman–Crippen MR) is 67.7 cm³/mol. The van der Waals surface area contributed by atoms with E-state index in [1.165, 1.54) is 0 Å². The van der Waals surface area contributed by atoms with Crippen molar-refractivity contribution in [1.29, 1.82) is 5.26 Å². The number of aryl methyl sites for hydroxylation is 1. The number of aromatic nitrogens is 1. The number of hydrogen-bond acceptors (Lipinski definition) is 4. The Kier molecular flexibility index (Phi) is 3.30. The second-order valence-electron chi connectivity index (χ2n) is 4.79. The van der Waals surface area contributed by atoms with Gasteiger partial charge in [-0.25, -0.2) is 4.98 Å². The van der Waals surface area contributed by atoms with Crippen molar-refractivity contribution in [3.05, 3.63) is 23.4 Å². The lowest BCUT2D eigenvalue weighted by atomic mass is 10.0. The van der Waals surface area contributed by atoms with Gasteiger partial charge < -0.3 is 10.6 Å². The van der Waals surface area contributed by atoms with Gasteiger partial charge in [0.2, 0.25) is 0 Å². The summed E-state index contributed by atoms with van der Waals surface area (Å²) in [6.45, 7) is 5.84. The van der Waals surface area contributed by atoms with Gasteiger partial charge in [-0.2, -0.15) is 5.26 Å². The van der Waals surface area contributed by atoms with E-state index in [1.54, 1.807) is 6.20 Å². The van der Waals surface area contributed by atoms with Crippen LogP contribution in [0.4, 0.5) is 5.82 Å². The molecule has 2 N–H and O–H groups in total. The number of anilines is 1. The van der Waals surface area contributed by atoms with Gasteiger partial charge in [0.25, 0.3) is 0 Å². The van der Waals surface area contributed by atoms with Crippen molar-refractivity contribution in [2.45, 2.75) is 26.3 Å². The van der Waals surface area contributed by atoms with Crippen LogP contribution in [0.2, 0.25) is 0 Å². The number of nitrogens with zero attached hydrogens (tertiary/aromatic N) is 3. The van der Waals surface area contributed by atoms with Crippen molar-refractivity contribution in [2.75, 3.05) is 18.0 Å². The van der Waals surface area contributed by atoms with E-state index in [0.29, 0.717) is 11.5 Å². The average Bonchev–Trinajstić information content (AvgIpc) is 2.77. The summed E-state index contributed by atoms with van der Waals surface area (Å²) >= 11 is 0. The maximum atomic E-state index is 9.19. The first-order valence-electron chi connectivity index (χ1n) is 5.99. The number of rotatable bonds is 2. The fourth-order valence-corrected chi connectivity index (χ4v) is 2.33. The summed E-state index contributed by atoms with van der Waals surface area (Å²) in [5.74, 6) is 1.32. The van der Waals surface area contributed by atoms with E-state index in [1.807, 2.05) is 19.9 Å². The van der Waals surface area contributed by atoms with Crippen molar-refractivity contribution in [3.63, 3.8) is 0 Å². The van der Waals surface area contributed by atoms with Crippen LogP contribution in [0.25, 0.3) is 0 Å². The molecule has 90 valence electrons. The second-order valence-corrected chi connectivity index (χ2v) is 4.79. The SMILES string of the molecule is Cc1ccnc(N2CCC(C(C)N)C2)c1C#N. The third kappa shape index (κ3) is 2.25. The van der Waals surface area contributed by atoms with E-state index in [9.17, 15) is 5.26 Å². The van der Waals surface area contributed by atoms with Gasteiger partial charge in [0, 0.05) is 25.3 Å². The standard InChI is InChI=1S/C13H18N4/c1-9-3-5-16-13(12(9)7-14)17-6-4-11(8-17)10(2)15/h3,5,10-11H,4,6,8,15H2,1-2H3. The van der Waals surface area contributed by atoms with Gasteiger partial charge in [0.15, 0.2) is 0 Å². The Morgan fingerprint density at radius 1 is 1.65 bits per heavy atom. The van der Waals surface area contributed by atoms with Crippen LogP contribution in [-0.2, 0) is 0 Å². The minimum absolute atomic E-state index is 0.204. The Morgan fingerprint density at radius 3 is 3.00 bits per heavy atom. The van der Waals surface area contributed by atoms with Crippen LogP contribution >= 0.6 is 0 Å². The van der Waals surface area contributed by atoms with Crippen LogP contribution in [0.1, 0.15) is 24.5 Å². The maximum absolute atomic E-state index is 9.19. The van der Waals surface area contributed by atoms with E-state index < -0.39 is 0 Å². The maximum Gasteiger partial charge on any atom is 0.146 e. The van der Waals surface area contributed by atoms with Gasteiger partial charge in [-0.15, -0.1) is 0 Å². The first kappa shape index (κ1) is 11.9. The molecule has 4 heteroatoms. The molecular formula is C13H18N4. The third-order valence-corrected chi connectivity index (χ3v) is 3.52. The fourth-order valence-electron chi connectivity index (χ4n) is 2.33. The molecule has 1 fully saturated rings. The molecule has 1 saturated heterocycles. The first-order chi connectivity index (χ1) is 8.13. The Balaban J connectivity index is 2.25. The van der Waals surface area contributed by atoms with Crippen LogP contribution in [0.5, 0.6) is 0 Å². The molecule has 1 aromatic heterocycles. The van der Waals surface area contributed by atoms with Crippen LogP contribution < -0.4 is 10.6 Å². The molecule has 0 aromatic carbocycles. The van der Waals surface area contributed by atoms with Gasteiger partial charge in [0.05, 0.1) is 5.56 Å². The van der Waals surface area contributed by atoms with Gasteiger partial charge in [-0.1, -0.05) is 0 Å². The molecule has 0 bridgehead atoms. The van der Waals surface area contributed by atoms with E-state index in [4.69, 9.17) is 5.73 Å². The summed E-state index contributed by atoms with van der Waals surface area (Å²) in [5, 5.41) is 9.19. The van der Waals surface area contributed by atoms with Crippen molar-refractivity contribution >= 4 is 5.82 Å². The summed E-state index contributed by atoms with van der Waals surface area (Å²) in [6, 6.07) is 4.33. The highest BCUT2D eigenvalue weighted by molar-refractivity contribution is 5.57. The number of hydrogen-bond donors (Lipinski definition) is 1. The summed E-state index contributed by atoms with van der Waals surface area (Å²) in [5.41, 5.74) is 7.61. The van der Waals surface area contributed by atoms with Gasteiger partial charge in [0.1, 0.15) is 11.9 Å². The van der Waals surface area contributed by atoms with E-state index >= 15 is 0 Å². The number of nitriles is 1. The average molecular weight is 230 g/mol. The molecular weight excluding hydrogens is 212 g/mol. The number of nitrogens with two attached hydrogens (primary N) is 1. The van der Waals surface area contributed by atoms with Crippen LogP contribution in [-0.4, -0.2) is 24.1 Å². The number of pyridine rings is 1. The molecule has 0 amide bonds. The van der Waals surface area contributed by atoms with Crippen molar-refractivity contribution < 1.29 is 0 Å². The Morgan fingerprint density at radius 2 is 2.41 bits per heavy atom. The van der Waals surface area contributed by atoms with Crippen LogP contribution in [0.15, 0.2) is 12.3 Å². The molecule has 0 aliphatic carbocycles. The molecule has 1 aromatic rings. The zero-order valence-corrected chi connectivity index (χ0v) is 10.3. The Bertz CT molecular complexity index is 447. The van der Waals surface area contributed by atoms with E-state index in [2.05, 4.69) is 16.0 Å². The monoisotopic (exact) mass is 230 g/mol. The topological polar surface area (TPSA) is 65.9 Å². The van der Waals surface area contributed by atoms with Crippen LogP contribution in [0, 0.1) is 24.2 Å². The molecule has 0 saturated carbocycles. The largest absolute Gasteiger partial charge is 0.355 e. The molecule has 2 unspecified atom stereocenters. The van der Waals surface area contributed by atoms with E-state index in [-0.39, 0.29) is 6.04 Å². The summed E-state index contributed by atoms with van der Waals surface area (Å²) in [7, 11) is 0. The summed E-state index contributed by atoms with van der Waals surface area (Å²) in [4.78, 5) is 6.53. The normalized spacial score (nSPS) is 21.3. The smallest absolute Gasteiger partial charge is 0.146 e. The highest BCUT2D eigenvalue weighted by Crippen LogP contribution is 2.27. The lowest BCUT2D eigenvalue weighted by molar-refractivity contribution is 0.488. The molecule has 17 heavy (non-hydrogen) atoms. The minimum Gasteiger partial charge on any atom is -0.355 e. The van der Waals surface area contributed by atoms with Gasteiger partial charge >= 0.3 is 0 Å². The Labute approximate surface area is 102 Å². The highest BCUT2D eigenvalue weighted by Gasteiger charge is 2.27. The molecule has 2 rings (SSSR count). The molecule has 0 spiro atoms. The van der Waals surface area contributed by atoms with Crippen molar-refractivity contribution in [3.8, 4) is 6.07 Å². The molecule has 1 aliphatic heterocycles. The minimum atomic E-state index is 0.204. The zero-order chi connectivity index (χ0) is 12.4. The highest BCUT2D eigenvalue weighted by atomic mass is 15.2.